The van der Waals surface area contributed by atoms with E-state index in [1.54, 1.807) is 0 Å². The zero-order valence-electron chi connectivity index (χ0n) is 6.81. The molecule has 0 heterocycles. The van der Waals surface area contributed by atoms with Crippen molar-refractivity contribution in [3.63, 3.8) is 0 Å². The Morgan fingerprint density at radius 1 is 1.33 bits per heavy atom. The maximum absolute atomic E-state index is 12.8. The van der Waals surface area contributed by atoms with Crippen molar-refractivity contribution in [2.75, 3.05) is 0 Å². The van der Waals surface area contributed by atoms with Crippen LogP contribution in [0.4, 0.5) is 23.2 Å². The monoisotopic (exact) mass is 287 g/mol. The third-order valence-corrected chi connectivity index (χ3v) is 2.35. The third-order valence-electron chi connectivity index (χ3n) is 1.55. The first-order valence-electron chi connectivity index (χ1n) is 3.44. The standard InChI is InChI=1S/C7H2BrF4NO2/c8-6-4(13(14)15)2-1-3(9)5(6)7(10,11)12/h1-2H. The molecule has 0 unspecified atom stereocenters. The molecule has 1 rings (SSSR count). The number of rotatable bonds is 1. The van der Waals surface area contributed by atoms with Crippen LogP contribution in [0.25, 0.3) is 0 Å². The van der Waals surface area contributed by atoms with Gasteiger partial charge in [0.1, 0.15) is 15.9 Å². The minimum Gasteiger partial charge on any atom is -0.258 e. The van der Waals surface area contributed by atoms with Gasteiger partial charge in [0.05, 0.1) is 4.92 Å². The summed E-state index contributed by atoms with van der Waals surface area (Å²) in [7, 11) is 0. The van der Waals surface area contributed by atoms with Crippen LogP contribution in [-0.4, -0.2) is 4.92 Å². The van der Waals surface area contributed by atoms with Gasteiger partial charge in [0.2, 0.25) is 0 Å². The van der Waals surface area contributed by atoms with Gasteiger partial charge in [-0.2, -0.15) is 13.2 Å². The largest absolute Gasteiger partial charge is 0.420 e. The summed E-state index contributed by atoms with van der Waals surface area (Å²) in [5.41, 5.74) is -2.50. The molecule has 0 amide bonds. The Balaban J connectivity index is 3.51. The second kappa shape index (κ2) is 3.76. The van der Waals surface area contributed by atoms with E-state index in [-0.39, 0.29) is 0 Å². The van der Waals surface area contributed by atoms with Crippen LogP contribution < -0.4 is 0 Å². The first kappa shape index (κ1) is 11.9. The molecule has 3 nitrogen and oxygen atoms in total. The Morgan fingerprint density at radius 2 is 1.87 bits per heavy atom. The molecule has 15 heavy (non-hydrogen) atoms. The summed E-state index contributed by atoms with van der Waals surface area (Å²) < 4.78 is 48.7. The van der Waals surface area contributed by atoms with E-state index >= 15 is 0 Å². The molecule has 1 aromatic carbocycles. The van der Waals surface area contributed by atoms with Gasteiger partial charge in [0.15, 0.2) is 0 Å². The Morgan fingerprint density at radius 3 is 2.27 bits per heavy atom. The lowest BCUT2D eigenvalue weighted by Gasteiger charge is -2.09. The summed E-state index contributed by atoms with van der Waals surface area (Å²) in [5.74, 6) is -1.56. The van der Waals surface area contributed by atoms with Crippen LogP contribution in [0.2, 0.25) is 0 Å². The molecule has 0 N–H and O–H groups in total. The number of halogens is 5. The van der Waals surface area contributed by atoms with Gasteiger partial charge < -0.3 is 0 Å². The molecular formula is C7H2BrF4NO2. The van der Waals surface area contributed by atoms with Crippen molar-refractivity contribution in [3.05, 3.63) is 38.1 Å². The number of hydrogen-bond donors (Lipinski definition) is 0. The third kappa shape index (κ3) is 2.25. The predicted molar refractivity (Wildman–Crippen MR) is 45.8 cm³/mol. The van der Waals surface area contributed by atoms with Crippen molar-refractivity contribution in [1.29, 1.82) is 0 Å². The average molecular weight is 288 g/mol. The Hall–Kier alpha value is -1.18. The number of nitro groups is 1. The molecule has 0 aliphatic rings. The van der Waals surface area contributed by atoms with E-state index in [2.05, 4.69) is 15.9 Å². The van der Waals surface area contributed by atoms with Crippen molar-refractivity contribution in [2.24, 2.45) is 0 Å². The molecule has 0 atom stereocenters. The Labute approximate surface area is 89.0 Å². The quantitative estimate of drug-likeness (QED) is 0.451. The Bertz CT molecular complexity index is 418. The molecule has 82 valence electrons. The number of nitrogens with zero attached hydrogens (tertiary/aromatic N) is 1. The van der Waals surface area contributed by atoms with E-state index < -0.39 is 32.6 Å². The second-order valence-electron chi connectivity index (χ2n) is 2.51. The fourth-order valence-electron chi connectivity index (χ4n) is 0.942. The maximum Gasteiger partial charge on any atom is 0.420 e. The van der Waals surface area contributed by atoms with Crippen LogP contribution in [0.15, 0.2) is 16.6 Å². The highest BCUT2D eigenvalue weighted by Crippen LogP contribution is 2.40. The second-order valence-corrected chi connectivity index (χ2v) is 3.30. The van der Waals surface area contributed by atoms with E-state index in [4.69, 9.17) is 0 Å². The fraction of sp³-hybridized carbons (Fsp3) is 0.143. The van der Waals surface area contributed by atoms with Gasteiger partial charge in [0, 0.05) is 6.07 Å². The van der Waals surface area contributed by atoms with Crippen molar-refractivity contribution < 1.29 is 22.5 Å². The first-order valence-corrected chi connectivity index (χ1v) is 4.24. The molecule has 0 saturated carbocycles. The summed E-state index contributed by atoms with van der Waals surface area (Å²) >= 11 is 2.37. The van der Waals surface area contributed by atoms with Crippen LogP contribution in [0, 0.1) is 15.9 Å². The topological polar surface area (TPSA) is 43.1 Å². The van der Waals surface area contributed by atoms with Gasteiger partial charge in [-0.15, -0.1) is 0 Å². The SMILES string of the molecule is O=[N+]([O-])c1ccc(F)c(C(F)(F)F)c1Br. The van der Waals surface area contributed by atoms with E-state index in [9.17, 15) is 27.7 Å². The van der Waals surface area contributed by atoms with Crippen LogP contribution in [0.5, 0.6) is 0 Å². The van der Waals surface area contributed by atoms with Gasteiger partial charge >= 0.3 is 6.18 Å². The summed E-state index contributed by atoms with van der Waals surface area (Å²) in [6.07, 6.45) is -4.98. The lowest BCUT2D eigenvalue weighted by Crippen LogP contribution is -2.10. The van der Waals surface area contributed by atoms with Crippen LogP contribution in [-0.2, 0) is 6.18 Å². The zero-order chi connectivity index (χ0) is 11.8. The molecule has 0 aliphatic heterocycles. The summed E-state index contributed by atoms with van der Waals surface area (Å²) in [6.45, 7) is 0. The highest BCUT2D eigenvalue weighted by molar-refractivity contribution is 9.10. The maximum atomic E-state index is 12.8. The van der Waals surface area contributed by atoms with Crippen LogP contribution in [0.3, 0.4) is 0 Å². The molecule has 1 aromatic rings. The molecule has 0 fully saturated rings. The Kier molecular flexibility index (Phi) is 2.98. The average Bonchev–Trinajstić information content (AvgIpc) is 2.00. The predicted octanol–water partition coefficient (Wildman–Crippen LogP) is 3.52. The van der Waals surface area contributed by atoms with E-state index in [0.717, 1.165) is 0 Å². The van der Waals surface area contributed by atoms with E-state index in [0.29, 0.717) is 12.1 Å². The van der Waals surface area contributed by atoms with Crippen molar-refractivity contribution in [1.82, 2.24) is 0 Å². The molecule has 8 heteroatoms. The highest BCUT2D eigenvalue weighted by atomic mass is 79.9. The van der Waals surface area contributed by atoms with Gasteiger partial charge in [-0.3, -0.25) is 10.1 Å². The number of hydrogen-bond acceptors (Lipinski definition) is 2. The smallest absolute Gasteiger partial charge is 0.258 e. The van der Waals surface area contributed by atoms with Crippen molar-refractivity contribution in [2.45, 2.75) is 6.18 Å². The molecule has 0 aromatic heterocycles. The molecule has 0 saturated heterocycles. The summed E-state index contributed by atoms with van der Waals surface area (Å²) in [4.78, 5) is 9.27. The van der Waals surface area contributed by atoms with Gasteiger partial charge in [-0.1, -0.05) is 0 Å². The van der Waals surface area contributed by atoms with Gasteiger partial charge in [0.25, 0.3) is 5.69 Å². The van der Waals surface area contributed by atoms with Crippen LogP contribution >= 0.6 is 15.9 Å². The van der Waals surface area contributed by atoms with Crippen molar-refractivity contribution >= 4 is 21.6 Å². The van der Waals surface area contributed by atoms with Crippen molar-refractivity contribution in [3.8, 4) is 0 Å². The van der Waals surface area contributed by atoms with Gasteiger partial charge in [-0.25, -0.2) is 4.39 Å². The minimum absolute atomic E-state index is 0.408. The normalized spacial score (nSPS) is 11.5. The molecule has 0 bridgehead atoms. The number of alkyl halides is 3. The first-order chi connectivity index (χ1) is 6.75. The summed E-state index contributed by atoms with van der Waals surface area (Å²) in [5, 5.41) is 10.3. The zero-order valence-corrected chi connectivity index (χ0v) is 8.39. The lowest BCUT2D eigenvalue weighted by molar-refractivity contribution is -0.386. The van der Waals surface area contributed by atoms with Gasteiger partial charge in [-0.05, 0) is 22.0 Å². The minimum atomic E-state index is -4.98. The summed E-state index contributed by atoms with van der Waals surface area (Å²) in [6, 6.07) is 1.07. The van der Waals surface area contributed by atoms with Crippen LogP contribution in [0.1, 0.15) is 5.56 Å². The molecular weight excluding hydrogens is 286 g/mol. The lowest BCUT2D eigenvalue weighted by atomic mass is 10.2. The number of nitro benzene ring substituents is 1. The number of benzene rings is 1. The molecule has 0 spiro atoms. The van der Waals surface area contributed by atoms with E-state index in [1.165, 1.54) is 0 Å². The van der Waals surface area contributed by atoms with E-state index in [1.807, 2.05) is 0 Å². The fourth-order valence-corrected chi connectivity index (χ4v) is 1.63. The molecule has 0 radical (unpaired) electrons. The highest BCUT2D eigenvalue weighted by Gasteiger charge is 2.39. The molecule has 0 aliphatic carbocycles.